The van der Waals surface area contributed by atoms with Crippen molar-refractivity contribution in [2.24, 2.45) is 0 Å². The largest absolute Gasteiger partial charge is 0.457 e. The lowest BCUT2D eigenvalue weighted by Crippen LogP contribution is -2.47. The number of oxazole rings is 1. The Morgan fingerprint density at radius 2 is 1.94 bits per heavy atom. The van der Waals surface area contributed by atoms with Crippen molar-refractivity contribution in [1.82, 2.24) is 20.3 Å². The van der Waals surface area contributed by atoms with E-state index in [1.807, 2.05) is 0 Å². The van der Waals surface area contributed by atoms with E-state index in [1.165, 1.54) is 18.7 Å². The van der Waals surface area contributed by atoms with Gasteiger partial charge in [-0.25, -0.2) is 14.4 Å². The normalized spacial score (nSPS) is 21.7. The topological polar surface area (TPSA) is 132 Å². The molecule has 2 aliphatic heterocycles. The maximum Gasteiger partial charge on any atom is 0.316 e. The van der Waals surface area contributed by atoms with Crippen LogP contribution >= 0.6 is 0 Å². The number of carbonyl (C=O) groups excluding carboxylic acids is 2. The molecule has 4 heterocycles. The lowest BCUT2D eigenvalue weighted by atomic mass is 10.1. The molecule has 2 aromatic heterocycles. The molecule has 0 saturated carbocycles. The highest BCUT2D eigenvalue weighted by Gasteiger charge is 2.33. The van der Waals surface area contributed by atoms with E-state index in [9.17, 15) is 14.0 Å². The van der Waals surface area contributed by atoms with Crippen LogP contribution in [0.1, 0.15) is 33.7 Å². The molecule has 3 atom stereocenters. The Labute approximate surface area is 206 Å². The van der Waals surface area contributed by atoms with Crippen molar-refractivity contribution in [1.29, 1.82) is 0 Å². The summed E-state index contributed by atoms with van der Waals surface area (Å²) in [6, 6.07) is 8.54. The van der Waals surface area contributed by atoms with Gasteiger partial charge >= 0.3 is 6.01 Å². The summed E-state index contributed by atoms with van der Waals surface area (Å²) >= 11 is 0. The van der Waals surface area contributed by atoms with Gasteiger partial charge in [-0.15, -0.1) is 0 Å². The molecular weight excluding hydrogens is 471 g/mol. The van der Waals surface area contributed by atoms with Gasteiger partial charge in [0, 0.05) is 32.0 Å². The molecule has 2 amide bonds. The molecule has 5 rings (SSSR count). The Kier molecular flexibility index (Phi) is 7.03. The van der Waals surface area contributed by atoms with E-state index >= 15 is 0 Å². The number of nitrogens with zero attached hydrogens (tertiary/aromatic N) is 4. The third-order valence-electron chi connectivity index (χ3n) is 5.96. The molecule has 2 saturated heterocycles. The fourth-order valence-electron chi connectivity index (χ4n) is 4.07. The van der Waals surface area contributed by atoms with E-state index < -0.39 is 18.2 Å². The number of para-hydroxylation sites is 1. The summed E-state index contributed by atoms with van der Waals surface area (Å²) in [4.78, 5) is 39.3. The third kappa shape index (κ3) is 5.43. The van der Waals surface area contributed by atoms with Gasteiger partial charge in [-0.1, -0.05) is 12.1 Å². The summed E-state index contributed by atoms with van der Waals surface area (Å²) < 4.78 is 31.1. The van der Waals surface area contributed by atoms with Crippen molar-refractivity contribution in [2.45, 2.75) is 31.2 Å². The number of piperidine rings is 1. The van der Waals surface area contributed by atoms with E-state index in [0.717, 1.165) is 6.42 Å². The maximum atomic E-state index is 14.8. The van der Waals surface area contributed by atoms with Crippen molar-refractivity contribution >= 4 is 23.5 Å². The van der Waals surface area contributed by atoms with E-state index in [2.05, 4.69) is 25.6 Å². The molecule has 0 radical (unpaired) electrons. The Balaban J connectivity index is 1.20. The number of alkyl halides is 1. The number of rotatable bonds is 7. The SMILES string of the molecule is O=C(Nc1ccccc1C(=O)N[C@H]1CCOC1)c1coc(N2CC[C@H](Oc3ncccn3)[C@H](F)C2)n1. The minimum atomic E-state index is -1.33. The standard InChI is InChI=1S/C24H25FN6O5/c25-17-12-31(10-6-20(17)36-23-26-8-3-9-27-23)24-30-19(14-35-24)22(33)29-18-5-2-1-4-16(18)21(32)28-15-7-11-34-13-15/h1-5,8-9,14-15,17,20H,6-7,10-13H2,(H,28,32)(H,29,33)/t15-,17+,20-/m0/s1. The number of nitrogens with one attached hydrogen (secondary N) is 2. The van der Waals surface area contributed by atoms with Gasteiger partial charge in [0.1, 0.15) is 12.4 Å². The van der Waals surface area contributed by atoms with Crippen LogP contribution in [0.3, 0.4) is 0 Å². The van der Waals surface area contributed by atoms with Crippen molar-refractivity contribution in [3.05, 3.63) is 60.2 Å². The Morgan fingerprint density at radius 1 is 1.11 bits per heavy atom. The monoisotopic (exact) mass is 496 g/mol. The summed E-state index contributed by atoms with van der Waals surface area (Å²) in [5.41, 5.74) is 0.676. The van der Waals surface area contributed by atoms with Crippen LogP contribution in [0.2, 0.25) is 0 Å². The number of aromatic nitrogens is 3. The first-order valence-electron chi connectivity index (χ1n) is 11.6. The molecule has 12 heteroatoms. The first-order chi connectivity index (χ1) is 17.6. The number of ether oxygens (including phenoxy) is 2. The highest BCUT2D eigenvalue weighted by atomic mass is 19.1. The average molecular weight is 496 g/mol. The predicted octanol–water partition coefficient (Wildman–Crippen LogP) is 2.23. The fourth-order valence-corrected chi connectivity index (χ4v) is 4.07. The van der Waals surface area contributed by atoms with Crippen molar-refractivity contribution in [2.75, 3.05) is 36.5 Å². The van der Waals surface area contributed by atoms with Crippen LogP contribution < -0.4 is 20.3 Å². The molecule has 2 aliphatic rings. The third-order valence-corrected chi connectivity index (χ3v) is 5.96. The first-order valence-corrected chi connectivity index (χ1v) is 11.6. The zero-order valence-corrected chi connectivity index (χ0v) is 19.3. The zero-order valence-electron chi connectivity index (χ0n) is 19.3. The zero-order chi connectivity index (χ0) is 24.9. The van der Waals surface area contributed by atoms with Gasteiger partial charge in [-0.05, 0) is 24.6 Å². The number of benzene rings is 1. The first kappa shape index (κ1) is 23.7. The molecule has 188 valence electrons. The Bertz CT molecular complexity index is 1200. The molecule has 0 unspecified atom stereocenters. The highest BCUT2D eigenvalue weighted by Crippen LogP contribution is 2.24. The summed E-state index contributed by atoms with van der Waals surface area (Å²) in [6.45, 7) is 1.46. The van der Waals surface area contributed by atoms with Gasteiger partial charge in [-0.3, -0.25) is 9.59 Å². The van der Waals surface area contributed by atoms with Crippen LogP contribution in [-0.2, 0) is 4.74 Å². The molecule has 0 aliphatic carbocycles. The summed E-state index contributed by atoms with van der Waals surface area (Å²) in [5.74, 6) is -0.854. The molecule has 0 bridgehead atoms. The minimum absolute atomic E-state index is 0.0101. The number of hydrogen-bond donors (Lipinski definition) is 2. The summed E-state index contributed by atoms with van der Waals surface area (Å²) in [7, 11) is 0. The molecule has 11 nitrogen and oxygen atoms in total. The maximum absolute atomic E-state index is 14.8. The summed E-state index contributed by atoms with van der Waals surface area (Å²) in [5, 5.41) is 5.62. The molecule has 3 aromatic rings. The van der Waals surface area contributed by atoms with Crippen LogP contribution in [0, 0.1) is 0 Å². The second-order valence-corrected chi connectivity index (χ2v) is 8.49. The van der Waals surface area contributed by atoms with Crippen LogP contribution in [0.5, 0.6) is 6.01 Å². The molecule has 36 heavy (non-hydrogen) atoms. The van der Waals surface area contributed by atoms with Gasteiger partial charge < -0.3 is 29.4 Å². The predicted molar refractivity (Wildman–Crippen MR) is 126 cm³/mol. The van der Waals surface area contributed by atoms with Gasteiger partial charge in [0.25, 0.3) is 17.8 Å². The van der Waals surface area contributed by atoms with E-state index in [1.54, 1.807) is 35.2 Å². The molecule has 0 spiro atoms. The van der Waals surface area contributed by atoms with Crippen molar-refractivity contribution in [3.8, 4) is 6.01 Å². The number of anilines is 2. The lowest BCUT2D eigenvalue weighted by Gasteiger charge is -2.33. The van der Waals surface area contributed by atoms with Crippen molar-refractivity contribution in [3.63, 3.8) is 0 Å². The van der Waals surface area contributed by atoms with E-state index in [-0.39, 0.29) is 36.2 Å². The molecule has 1 aromatic carbocycles. The van der Waals surface area contributed by atoms with Gasteiger partial charge in [0.05, 0.1) is 30.4 Å². The van der Waals surface area contributed by atoms with E-state index in [4.69, 9.17) is 13.9 Å². The van der Waals surface area contributed by atoms with Gasteiger partial charge in [0.2, 0.25) is 0 Å². The quantitative estimate of drug-likeness (QED) is 0.505. The summed E-state index contributed by atoms with van der Waals surface area (Å²) in [6.07, 6.45) is 3.33. The smallest absolute Gasteiger partial charge is 0.316 e. The minimum Gasteiger partial charge on any atom is -0.457 e. The molecule has 2 fully saturated rings. The second kappa shape index (κ2) is 10.7. The average Bonchev–Trinajstić information content (AvgIpc) is 3.59. The fraction of sp³-hybridized carbons (Fsp3) is 0.375. The van der Waals surface area contributed by atoms with Crippen LogP contribution in [0.15, 0.2) is 53.4 Å². The van der Waals surface area contributed by atoms with Crippen LogP contribution in [-0.4, -0.2) is 71.4 Å². The lowest BCUT2D eigenvalue weighted by molar-refractivity contribution is 0.0723. The van der Waals surface area contributed by atoms with Gasteiger partial charge in [-0.2, -0.15) is 4.98 Å². The number of amides is 2. The Hall–Kier alpha value is -4.06. The highest BCUT2D eigenvalue weighted by molar-refractivity contribution is 6.08. The number of carbonyl (C=O) groups is 2. The Morgan fingerprint density at radius 3 is 2.72 bits per heavy atom. The van der Waals surface area contributed by atoms with Crippen LogP contribution in [0.25, 0.3) is 0 Å². The van der Waals surface area contributed by atoms with Crippen molar-refractivity contribution < 1.29 is 27.9 Å². The number of hydrogen-bond acceptors (Lipinski definition) is 9. The number of halogens is 1. The molecule has 2 N–H and O–H groups in total. The van der Waals surface area contributed by atoms with Gasteiger partial charge in [0.15, 0.2) is 11.9 Å². The molecular formula is C24H25FN6O5. The van der Waals surface area contributed by atoms with Crippen LogP contribution in [0.4, 0.5) is 16.1 Å². The second-order valence-electron chi connectivity index (χ2n) is 8.49. The van der Waals surface area contributed by atoms with E-state index in [0.29, 0.717) is 37.4 Å².